The summed E-state index contributed by atoms with van der Waals surface area (Å²) in [4.78, 5) is 26.3. The Balaban J connectivity index is 1.34. The second-order valence-electron chi connectivity index (χ2n) is 6.49. The summed E-state index contributed by atoms with van der Waals surface area (Å²) in [5, 5.41) is 0. The molecule has 1 unspecified atom stereocenters. The first-order valence-corrected chi connectivity index (χ1v) is 7.79. The van der Waals surface area contributed by atoms with Crippen molar-refractivity contribution in [3.05, 3.63) is 54.4 Å². The van der Waals surface area contributed by atoms with Crippen molar-refractivity contribution in [2.24, 2.45) is 5.41 Å². The number of carbonyl (C=O) groups is 1. The van der Waals surface area contributed by atoms with Crippen molar-refractivity contribution >= 4 is 5.91 Å². The van der Waals surface area contributed by atoms with E-state index in [0.717, 1.165) is 38.1 Å². The van der Waals surface area contributed by atoms with E-state index in [-0.39, 0.29) is 17.4 Å². The molecule has 1 atom stereocenters. The van der Waals surface area contributed by atoms with Gasteiger partial charge in [0, 0.05) is 49.7 Å². The summed E-state index contributed by atoms with van der Waals surface area (Å²) in [6, 6.07) is 3.60. The maximum absolute atomic E-state index is 12.4. The van der Waals surface area contributed by atoms with Crippen LogP contribution in [0.2, 0.25) is 0 Å². The van der Waals surface area contributed by atoms with Gasteiger partial charge in [-0.2, -0.15) is 0 Å². The molecule has 0 N–H and O–H groups in total. The SMILES string of the molecule is O=C(c1cccnc1)N1CC2(COC(Cc3cncnc3)C2)C1. The fraction of sp³-hybridized carbons (Fsp3) is 0.412. The van der Waals surface area contributed by atoms with Gasteiger partial charge in [0.05, 0.1) is 18.3 Å². The molecule has 23 heavy (non-hydrogen) atoms. The maximum atomic E-state index is 12.4. The van der Waals surface area contributed by atoms with E-state index >= 15 is 0 Å². The number of nitrogens with zero attached hydrogens (tertiary/aromatic N) is 4. The van der Waals surface area contributed by atoms with Gasteiger partial charge in [-0.1, -0.05) is 0 Å². The molecule has 0 saturated carbocycles. The molecule has 2 aromatic heterocycles. The molecule has 1 spiro atoms. The van der Waals surface area contributed by atoms with Crippen molar-refractivity contribution in [2.45, 2.75) is 18.9 Å². The van der Waals surface area contributed by atoms with Crippen LogP contribution in [0.15, 0.2) is 43.2 Å². The van der Waals surface area contributed by atoms with Crippen LogP contribution in [-0.4, -0.2) is 51.6 Å². The third kappa shape index (κ3) is 2.82. The first kappa shape index (κ1) is 14.3. The summed E-state index contributed by atoms with van der Waals surface area (Å²) in [5.41, 5.74) is 1.87. The zero-order valence-electron chi connectivity index (χ0n) is 12.8. The standard InChI is InChI=1S/C17H18N4O2/c22-16(14-2-1-3-18-8-14)21-9-17(10-21)5-15(23-11-17)4-13-6-19-12-20-7-13/h1-3,6-8,12,15H,4-5,9-11H2. The molecule has 0 bridgehead atoms. The molecule has 2 saturated heterocycles. The first-order chi connectivity index (χ1) is 11.2. The normalized spacial score (nSPS) is 22.1. The number of rotatable bonds is 3. The van der Waals surface area contributed by atoms with Crippen molar-refractivity contribution in [3.63, 3.8) is 0 Å². The fourth-order valence-electron chi connectivity index (χ4n) is 3.52. The minimum atomic E-state index is 0.0589. The number of hydrogen-bond acceptors (Lipinski definition) is 5. The number of aromatic nitrogens is 3. The fourth-order valence-corrected chi connectivity index (χ4v) is 3.52. The van der Waals surface area contributed by atoms with Crippen LogP contribution in [0, 0.1) is 5.41 Å². The van der Waals surface area contributed by atoms with Gasteiger partial charge in [0.25, 0.3) is 5.91 Å². The van der Waals surface area contributed by atoms with Crippen LogP contribution >= 0.6 is 0 Å². The zero-order chi connectivity index (χ0) is 15.7. The van der Waals surface area contributed by atoms with Crippen LogP contribution in [0.5, 0.6) is 0 Å². The lowest BCUT2D eigenvalue weighted by molar-refractivity contribution is -0.00136. The minimum Gasteiger partial charge on any atom is -0.377 e. The average molecular weight is 310 g/mol. The van der Waals surface area contributed by atoms with E-state index in [2.05, 4.69) is 15.0 Å². The Morgan fingerprint density at radius 1 is 1.26 bits per heavy atom. The van der Waals surface area contributed by atoms with E-state index in [1.807, 2.05) is 23.4 Å². The second-order valence-corrected chi connectivity index (χ2v) is 6.49. The van der Waals surface area contributed by atoms with E-state index in [1.54, 1.807) is 18.5 Å². The molecule has 0 aliphatic carbocycles. The first-order valence-electron chi connectivity index (χ1n) is 7.79. The molecule has 0 aromatic carbocycles. The van der Waals surface area contributed by atoms with Gasteiger partial charge in [0.2, 0.25) is 0 Å². The molecule has 2 aromatic rings. The summed E-state index contributed by atoms with van der Waals surface area (Å²) in [5.74, 6) is 0.0589. The summed E-state index contributed by atoms with van der Waals surface area (Å²) >= 11 is 0. The number of hydrogen-bond donors (Lipinski definition) is 0. The van der Waals surface area contributed by atoms with Gasteiger partial charge < -0.3 is 9.64 Å². The Bertz CT molecular complexity index is 686. The monoisotopic (exact) mass is 310 g/mol. The van der Waals surface area contributed by atoms with Gasteiger partial charge in [-0.3, -0.25) is 9.78 Å². The van der Waals surface area contributed by atoms with Crippen LogP contribution in [0.4, 0.5) is 0 Å². The second kappa shape index (κ2) is 5.70. The van der Waals surface area contributed by atoms with E-state index in [1.165, 1.54) is 6.33 Å². The molecule has 6 heteroatoms. The molecule has 118 valence electrons. The third-order valence-electron chi connectivity index (χ3n) is 4.61. The largest absolute Gasteiger partial charge is 0.377 e. The van der Waals surface area contributed by atoms with Crippen LogP contribution < -0.4 is 0 Å². The Morgan fingerprint density at radius 2 is 2.09 bits per heavy atom. The topological polar surface area (TPSA) is 68.2 Å². The molecule has 4 rings (SSSR count). The van der Waals surface area contributed by atoms with Gasteiger partial charge >= 0.3 is 0 Å². The lowest BCUT2D eigenvalue weighted by Gasteiger charge is -2.47. The average Bonchev–Trinajstić information content (AvgIpc) is 2.99. The minimum absolute atomic E-state index is 0.0589. The third-order valence-corrected chi connectivity index (χ3v) is 4.61. The van der Waals surface area contributed by atoms with Crippen molar-refractivity contribution < 1.29 is 9.53 Å². The summed E-state index contributed by atoms with van der Waals surface area (Å²) < 4.78 is 5.94. The number of likely N-dealkylation sites (tertiary alicyclic amines) is 1. The molecule has 1 amide bonds. The zero-order valence-corrected chi connectivity index (χ0v) is 12.8. The lowest BCUT2D eigenvalue weighted by Crippen LogP contribution is -2.59. The van der Waals surface area contributed by atoms with E-state index < -0.39 is 0 Å². The number of amides is 1. The van der Waals surface area contributed by atoms with E-state index in [0.29, 0.717) is 5.56 Å². The smallest absolute Gasteiger partial charge is 0.255 e. The van der Waals surface area contributed by atoms with Gasteiger partial charge in [-0.15, -0.1) is 0 Å². The van der Waals surface area contributed by atoms with Crippen molar-refractivity contribution in [3.8, 4) is 0 Å². The highest BCUT2D eigenvalue weighted by molar-refractivity contribution is 5.94. The van der Waals surface area contributed by atoms with Crippen LogP contribution in [0.1, 0.15) is 22.3 Å². The Hall–Kier alpha value is -2.34. The molecular formula is C17H18N4O2. The van der Waals surface area contributed by atoms with Gasteiger partial charge in [-0.25, -0.2) is 9.97 Å². The van der Waals surface area contributed by atoms with Crippen LogP contribution in [0.3, 0.4) is 0 Å². The summed E-state index contributed by atoms with van der Waals surface area (Å²) in [6.07, 6.45) is 10.5. The molecule has 2 fully saturated rings. The highest BCUT2D eigenvalue weighted by atomic mass is 16.5. The van der Waals surface area contributed by atoms with Crippen molar-refractivity contribution in [1.82, 2.24) is 19.9 Å². The molecule has 4 heterocycles. The molecule has 2 aliphatic rings. The molecule has 2 aliphatic heterocycles. The number of ether oxygens (including phenoxy) is 1. The highest BCUT2D eigenvalue weighted by Crippen LogP contribution is 2.42. The molecule has 6 nitrogen and oxygen atoms in total. The maximum Gasteiger partial charge on any atom is 0.255 e. The van der Waals surface area contributed by atoms with Gasteiger partial charge in [0.1, 0.15) is 6.33 Å². The predicted molar refractivity (Wildman–Crippen MR) is 82.7 cm³/mol. The number of carbonyl (C=O) groups excluding carboxylic acids is 1. The quantitative estimate of drug-likeness (QED) is 0.856. The van der Waals surface area contributed by atoms with Gasteiger partial charge in [-0.05, 0) is 24.1 Å². The van der Waals surface area contributed by atoms with Crippen molar-refractivity contribution in [2.75, 3.05) is 19.7 Å². The van der Waals surface area contributed by atoms with Gasteiger partial charge in [0.15, 0.2) is 0 Å². The Morgan fingerprint density at radius 3 is 2.83 bits per heavy atom. The number of pyridine rings is 1. The molecular weight excluding hydrogens is 292 g/mol. The van der Waals surface area contributed by atoms with E-state index in [9.17, 15) is 4.79 Å². The Kier molecular flexibility index (Phi) is 3.53. The summed E-state index contributed by atoms with van der Waals surface area (Å²) in [6.45, 7) is 2.26. The summed E-state index contributed by atoms with van der Waals surface area (Å²) in [7, 11) is 0. The van der Waals surface area contributed by atoms with Crippen molar-refractivity contribution in [1.29, 1.82) is 0 Å². The van der Waals surface area contributed by atoms with Crippen LogP contribution in [-0.2, 0) is 11.2 Å². The highest BCUT2D eigenvalue weighted by Gasteiger charge is 2.50. The molecule has 0 radical (unpaired) electrons. The lowest BCUT2D eigenvalue weighted by atomic mass is 9.77. The van der Waals surface area contributed by atoms with Crippen LogP contribution in [0.25, 0.3) is 0 Å². The Labute approximate surface area is 134 Å². The predicted octanol–water partition coefficient (Wildman–Crippen LogP) is 1.35. The van der Waals surface area contributed by atoms with E-state index in [4.69, 9.17) is 4.74 Å².